The van der Waals surface area contributed by atoms with Crippen LogP contribution < -0.4 is 5.32 Å². The average molecular weight is 138 g/mol. The second-order valence-corrected chi connectivity index (χ2v) is 1.96. The highest BCUT2D eigenvalue weighted by molar-refractivity contribution is 6.52. The van der Waals surface area contributed by atoms with E-state index in [0.717, 1.165) is 0 Å². The predicted octanol–water partition coefficient (Wildman–Crippen LogP) is -0.391. The van der Waals surface area contributed by atoms with E-state index in [0.29, 0.717) is 0 Å². The van der Waals surface area contributed by atoms with Crippen molar-refractivity contribution in [3.05, 3.63) is 11.8 Å². The van der Waals surface area contributed by atoms with E-state index in [1.807, 2.05) is 0 Å². The van der Waals surface area contributed by atoms with Gasteiger partial charge < -0.3 is 5.32 Å². The number of Topliss-reactive ketones (excluding diaryl/α,β-unsaturated/α-hetero) is 1. The second kappa shape index (κ2) is 2.06. The van der Waals surface area contributed by atoms with Gasteiger partial charge in [-0.15, -0.1) is 0 Å². The Morgan fingerprint density at radius 2 is 2.30 bits per heavy atom. The summed E-state index contributed by atoms with van der Waals surface area (Å²) in [6, 6.07) is 0. The SMILES string of the molecule is CC(=O)C1=CNC(=O)C1=N. The zero-order chi connectivity index (χ0) is 7.72. The molecule has 0 bridgehead atoms. The Balaban J connectivity index is 2.92. The number of nitrogens with one attached hydrogen (secondary N) is 2. The molecule has 1 heterocycles. The Morgan fingerprint density at radius 1 is 1.70 bits per heavy atom. The molecule has 0 aromatic carbocycles. The molecule has 0 spiro atoms. The van der Waals surface area contributed by atoms with E-state index in [4.69, 9.17) is 5.41 Å². The molecule has 0 aromatic rings. The van der Waals surface area contributed by atoms with Gasteiger partial charge in [-0.25, -0.2) is 0 Å². The first kappa shape index (κ1) is 6.67. The maximum atomic E-state index is 10.6. The molecule has 0 aromatic heterocycles. The van der Waals surface area contributed by atoms with Gasteiger partial charge in [-0.3, -0.25) is 15.0 Å². The normalized spacial score (nSPS) is 16.7. The molecule has 0 radical (unpaired) electrons. The molecule has 1 aliphatic heterocycles. The van der Waals surface area contributed by atoms with Gasteiger partial charge in [0.15, 0.2) is 5.78 Å². The number of rotatable bonds is 1. The predicted molar refractivity (Wildman–Crippen MR) is 34.6 cm³/mol. The van der Waals surface area contributed by atoms with E-state index in [1.54, 1.807) is 0 Å². The topological polar surface area (TPSA) is 70.0 Å². The van der Waals surface area contributed by atoms with Gasteiger partial charge in [0.1, 0.15) is 5.71 Å². The number of ketones is 1. The van der Waals surface area contributed by atoms with Crippen molar-refractivity contribution >= 4 is 17.4 Å². The van der Waals surface area contributed by atoms with Crippen LogP contribution >= 0.6 is 0 Å². The summed E-state index contributed by atoms with van der Waals surface area (Å²) >= 11 is 0. The zero-order valence-corrected chi connectivity index (χ0v) is 5.39. The first-order valence-electron chi connectivity index (χ1n) is 2.74. The van der Waals surface area contributed by atoms with Gasteiger partial charge in [-0.2, -0.15) is 0 Å². The highest BCUT2D eigenvalue weighted by Gasteiger charge is 2.22. The molecule has 1 rings (SSSR count). The molecule has 52 valence electrons. The fourth-order valence-electron chi connectivity index (χ4n) is 0.682. The van der Waals surface area contributed by atoms with Crippen LogP contribution in [-0.4, -0.2) is 17.4 Å². The highest BCUT2D eigenvalue weighted by atomic mass is 16.2. The van der Waals surface area contributed by atoms with Crippen molar-refractivity contribution in [2.45, 2.75) is 6.92 Å². The van der Waals surface area contributed by atoms with Crippen LogP contribution in [0.4, 0.5) is 0 Å². The van der Waals surface area contributed by atoms with Crippen LogP contribution in [0.2, 0.25) is 0 Å². The maximum absolute atomic E-state index is 10.6. The lowest BCUT2D eigenvalue weighted by Crippen LogP contribution is -2.19. The monoisotopic (exact) mass is 138 g/mol. The first-order chi connectivity index (χ1) is 4.63. The minimum atomic E-state index is -0.509. The number of hydrogen-bond acceptors (Lipinski definition) is 3. The van der Waals surface area contributed by atoms with E-state index in [-0.39, 0.29) is 17.1 Å². The summed E-state index contributed by atoms with van der Waals surface area (Å²) < 4.78 is 0. The fraction of sp³-hybridized carbons (Fsp3) is 0.167. The van der Waals surface area contributed by atoms with E-state index in [9.17, 15) is 9.59 Å². The van der Waals surface area contributed by atoms with Gasteiger partial charge in [0.25, 0.3) is 5.91 Å². The van der Waals surface area contributed by atoms with Crippen molar-refractivity contribution in [2.75, 3.05) is 0 Å². The first-order valence-corrected chi connectivity index (χ1v) is 2.74. The van der Waals surface area contributed by atoms with Crippen molar-refractivity contribution in [1.82, 2.24) is 5.32 Å². The Kier molecular flexibility index (Phi) is 1.37. The number of carbonyl (C=O) groups excluding carboxylic acids is 2. The molecule has 0 saturated heterocycles. The summed E-state index contributed by atoms with van der Waals surface area (Å²) in [5, 5.41) is 9.30. The molecule has 0 saturated carbocycles. The van der Waals surface area contributed by atoms with Crippen LogP contribution in [-0.2, 0) is 9.59 Å². The molecule has 0 aliphatic carbocycles. The molecule has 4 heteroatoms. The minimum Gasteiger partial charge on any atom is -0.326 e. The summed E-state index contributed by atoms with van der Waals surface area (Å²) in [4.78, 5) is 21.1. The molecular formula is C6H6N2O2. The Labute approximate surface area is 57.4 Å². The van der Waals surface area contributed by atoms with Gasteiger partial charge in [0.05, 0.1) is 5.57 Å². The highest BCUT2D eigenvalue weighted by Crippen LogP contribution is 2.03. The third kappa shape index (κ3) is 0.834. The van der Waals surface area contributed by atoms with Crippen LogP contribution in [0.5, 0.6) is 0 Å². The zero-order valence-electron chi connectivity index (χ0n) is 5.39. The van der Waals surface area contributed by atoms with E-state index in [1.165, 1.54) is 13.1 Å². The molecule has 1 aliphatic rings. The van der Waals surface area contributed by atoms with E-state index >= 15 is 0 Å². The van der Waals surface area contributed by atoms with Crippen LogP contribution in [0.1, 0.15) is 6.92 Å². The molecule has 0 unspecified atom stereocenters. The number of hydrogen-bond donors (Lipinski definition) is 2. The molecule has 1 amide bonds. The smallest absolute Gasteiger partial charge is 0.273 e. The molecular weight excluding hydrogens is 132 g/mol. The quantitative estimate of drug-likeness (QED) is 0.518. The van der Waals surface area contributed by atoms with Crippen molar-refractivity contribution in [3.8, 4) is 0 Å². The third-order valence-corrected chi connectivity index (χ3v) is 1.22. The minimum absolute atomic E-state index is 0.157. The molecule has 10 heavy (non-hydrogen) atoms. The van der Waals surface area contributed by atoms with Gasteiger partial charge in [0, 0.05) is 6.20 Å². The van der Waals surface area contributed by atoms with Crippen molar-refractivity contribution in [2.24, 2.45) is 0 Å². The van der Waals surface area contributed by atoms with Gasteiger partial charge in [0.2, 0.25) is 0 Å². The molecule has 4 nitrogen and oxygen atoms in total. The van der Waals surface area contributed by atoms with Gasteiger partial charge in [-0.1, -0.05) is 0 Å². The lowest BCUT2D eigenvalue weighted by atomic mass is 10.1. The lowest BCUT2D eigenvalue weighted by Gasteiger charge is -1.89. The third-order valence-electron chi connectivity index (χ3n) is 1.22. The Bertz CT molecular complexity index is 252. The number of carbonyl (C=O) groups is 2. The summed E-state index contributed by atoms with van der Waals surface area (Å²) in [6.45, 7) is 1.32. The summed E-state index contributed by atoms with van der Waals surface area (Å²) in [7, 11) is 0. The van der Waals surface area contributed by atoms with Crippen LogP contribution in [0.25, 0.3) is 0 Å². The Hall–Kier alpha value is -1.45. The largest absolute Gasteiger partial charge is 0.326 e. The second-order valence-electron chi connectivity index (χ2n) is 1.96. The summed E-state index contributed by atoms with van der Waals surface area (Å²) in [5.74, 6) is -0.770. The summed E-state index contributed by atoms with van der Waals surface area (Å²) in [5.41, 5.74) is -0.0856. The van der Waals surface area contributed by atoms with Crippen molar-refractivity contribution in [3.63, 3.8) is 0 Å². The van der Waals surface area contributed by atoms with E-state index < -0.39 is 5.91 Å². The van der Waals surface area contributed by atoms with Gasteiger partial charge >= 0.3 is 0 Å². The lowest BCUT2D eigenvalue weighted by molar-refractivity contribution is -0.115. The van der Waals surface area contributed by atoms with Crippen molar-refractivity contribution in [1.29, 1.82) is 5.41 Å². The molecule has 0 fully saturated rings. The maximum Gasteiger partial charge on any atom is 0.273 e. The Morgan fingerprint density at radius 3 is 2.50 bits per heavy atom. The number of amides is 1. The van der Waals surface area contributed by atoms with E-state index in [2.05, 4.69) is 5.32 Å². The van der Waals surface area contributed by atoms with Crippen LogP contribution in [0.15, 0.2) is 11.8 Å². The van der Waals surface area contributed by atoms with Gasteiger partial charge in [-0.05, 0) is 6.92 Å². The summed E-state index contributed by atoms with van der Waals surface area (Å²) in [6.07, 6.45) is 1.26. The van der Waals surface area contributed by atoms with Crippen molar-refractivity contribution < 1.29 is 9.59 Å². The molecule has 2 N–H and O–H groups in total. The molecule has 0 atom stereocenters. The van der Waals surface area contributed by atoms with Crippen LogP contribution in [0.3, 0.4) is 0 Å². The standard InChI is InChI=1S/C6H6N2O2/c1-3(9)4-2-8-6(10)5(4)7/h2H,1H3,(H2,7,8,10). The fourth-order valence-corrected chi connectivity index (χ4v) is 0.682. The average Bonchev–Trinajstić information content (AvgIpc) is 2.14. The van der Waals surface area contributed by atoms with Crippen LogP contribution in [0, 0.1) is 5.41 Å².